The monoisotopic (exact) mass is 275 g/mol. The van der Waals surface area contributed by atoms with Crippen LogP contribution in [-0.2, 0) is 6.54 Å². The summed E-state index contributed by atoms with van der Waals surface area (Å²) in [6.45, 7) is 7.27. The van der Waals surface area contributed by atoms with Crippen LogP contribution in [0.2, 0.25) is 0 Å². The molecule has 1 unspecified atom stereocenters. The van der Waals surface area contributed by atoms with Gasteiger partial charge >= 0.3 is 0 Å². The van der Waals surface area contributed by atoms with Crippen molar-refractivity contribution in [2.45, 2.75) is 33.2 Å². The van der Waals surface area contributed by atoms with Crippen molar-refractivity contribution in [1.82, 2.24) is 14.9 Å². The number of hydrogen-bond donors (Lipinski definition) is 2. The molecule has 110 valence electrons. The third-order valence-corrected chi connectivity index (χ3v) is 4.07. The van der Waals surface area contributed by atoms with E-state index in [-0.39, 0.29) is 12.0 Å². The zero-order chi connectivity index (χ0) is 14.4. The van der Waals surface area contributed by atoms with Gasteiger partial charge in [-0.25, -0.2) is 4.98 Å². The molecule has 2 N–H and O–H groups in total. The highest BCUT2D eigenvalue weighted by Gasteiger charge is 2.19. The molecule has 0 saturated heterocycles. The Hall–Kier alpha value is -1.39. The highest BCUT2D eigenvalue weighted by molar-refractivity contribution is 5.74. The molecule has 1 heterocycles. The third-order valence-electron chi connectivity index (χ3n) is 4.07. The minimum absolute atomic E-state index is 0.00169. The molecule has 2 rings (SSSR count). The maximum Gasteiger partial charge on any atom is 0.0958 e. The minimum Gasteiger partial charge on any atom is -0.396 e. The molecule has 0 saturated carbocycles. The summed E-state index contributed by atoms with van der Waals surface area (Å²) in [5, 5.41) is 12.8. The molecule has 0 bridgehead atoms. The zero-order valence-electron chi connectivity index (χ0n) is 12.5. The number of hydrogen-bond acceptors (Lipinski definition) is 3. The molecule has 0 spiro atoms. The van der Waals surface area contributed by atoms with Gasteiger partial charge in [-0.05, 0) is 31.5 Å². The normalized spacial score (nSPS) is 14.6. The van der Waals surface area contributed by atoms with Crippen LogP contribution in [0.4, 0.5) is 0 Å². The quantitative estimate of drug-likeness (QED) is 0.727. The number of nitrogens with one attached hydrogen (secondary N) is 1. The van der Waals surface area contributed by atoms with Crippen LogP contribution in [0.3, 0.4) is 0 Å². The van der Waals surface area contributed by atoms with Crippen molar-refractivity contribution in [3.05, 3.63) is 30.6 Å². The van der Waals surface area contributed by atoms with E-state index in [1.807, 2.05) is 24.5 Å². The van der Waals surface area contributed by atoms with Gasteiger partial charge in [0.05, 0.1) is 17.4 Å². The summed E-state index contributed by atoms with van der Waals surface area (Å²) in [7, 11) is 0. The number of para-hydroxylation sites is 2. The Morgan fingerprint density at radius 2 is 2.15 bits per heavy atom. The highest BCUT2D eigenvalue weighted by atomic mass is 16.3. The summed E-state index contributed by atoms with van der Waals surface area (Å²) < 4.78 is 2.20. The number of fused-ring (bicyclic) bond motifs is 1. The van der Waals surface area contributed by atoms with Crippen molar-refractivity contribution in [2.24, 2.45) is 5.41 Å². The van der Waals surface area contributed by atoms with E-state index in [9.17, 15) is 5.11 Å². The Balaban J connectivity index is 1.76. The fourth-order valence-electron chi connectivity index (χ4n) is 2.25. The number of aliphatic hydroxyl groups is 1. The summed E-state index contributed by atoms with van der Waals surface area (Å²) >= 11 is 0. The fraction of sp³-hybridized carbons (Fsp3) is 0.562. The predicted octanol–water partition coefficient (Wildman–Crippen LogP) is 2.42. The SMILES string of the molecule is CCC(C)(CO)CNCCCn1cnc2ccccc21. The largest absolute Gasteiger partial charge is 0.396 e. The Kier molecular flexibility index (Phi) is 5.15. The van der Waals surface area contributed by atoms with Gasteiger partial charge in [0.2, 0.25) is 0 Å². The first-order valence-electron chi connectivity index (χ1n) is 7.40. The second kappa shape index (κ2) is 6.86. The van der Waals surface area contributed by atoms with E-state index in [2.05, 4.69) is 34.8 Å². The smallest absolute Gasteiger partial charge is 0.0958 e. The number of imidazole rings is 1. The van der Waals surface area contributed by atoms with Gasteiger partial charge in [-0.3, -0.25) is 0 Å². The fourth-order valence-corrected chi connectivity index (χ4v) is 2.25. The lowest BCUT2D eigenvalue weighted by molar-refractivity contribution is 0.135. The van der Waals surface area contributed by atoms with E-state index < -0.39 is 0 Å². The van der Waals surface area contributed by atoms with E-state index >= 15 is 0 Å². The van der Waals surface area contributed by atoms with Crippen LogP contribution < -0.4 is 5.32 Å². The average Bonchev–Trinajstić information content (AvgIpc) is 2.90. The van der Waals surface area contributed by atoms with Gasteiger partial charge in [-0.15, -0.1) is 0 Å². The van der Waals surface area contributed by atoms with Gasteiger partial charge in [0.15, 0.2) is 0 Å². The van der Waals surface area contributed by atoms with Crippen LogP contribution in [0.15, 0.2) is 30.6 Å². The predicted molar refractivity (Wildman–Crippen MR) is 82.7 cm³/mol. The maximum absolute atomic E-state index is 9.36. The topological polar surface area (TPSA) is 50.1 Å². The molecule has 0 aliphatic rings. The summed E-state index contributed by atoms with van der Waals surface area (Å²) in [6, 6.07) is 8.21. The van der Waals surface area contributed by atoms with Crippen molar-refractivity contribution in [2.75, 3.05) is 19.7 Å². The Bertz CT molecular complexity index is 531. The van der Waals surface area contributed by atoms with Crippen LogP contribution in [-0.4, -0.2) is 34.4 Å². The van der Waals surface area contributed by atoms with Gasteiger partial charge in [-0.2, -0.15) is 0 Å². The number of nitrogens with zero attached hydrogens (tertiary/aromatic N) is 2. The Labute approximate surface area is 120 Å². The molecule has 2 aromatic rings. The van der Waals surface area contributed by atoms with Crippen LogP contribution in [0.5, 0.6) is 0 Å². The van der Waals surface area contributed by atoms with E-state index in [1.165, 1.54) is 5.52 Å². The van der Waals surface area contributed by atoms with Crippen molar-refractivity contribution >= 4 is 11.0 Å². The molecule has 0 fully saturated rings. The lowest BCUT2D eigenvalue weighted by atomic mass is 9.89. The van der Waals surface area contributed by atoms with Crippen LogP contribution >= 0.6 is 0 Å². The zero-order valence-corrected chi connectivity index (χ0v) is 12.5. The molecular weight excluding hydrogens is 250 g/mol. The lowest BCUT2D eigenvalue weighted by Gasteiger charge is -2.25. The van der Waals surface area contributed by atoms with Crippen molar-refractivity contribution in [3.63, 3.8) is 0 Å². The molecule has 4 heteroatoms. The Morgan fingerprint density at radius 3 is 2.90 bits per heavy atom. The molecule has 1 aromatic heterocycles. The Morgan fingerprint density at radius 1 is 1.35 bits per heavy atom. The number of rotatable bonds is 8. The van der Waals surface area contributed by atoms with Gasteiger partial charge < -0.3 is 15.0 Å². The third kappa shape index (κ3) is 3.58. The summed E-state index contributed by atoms with van der Waals surface area (Å²) in [5.74, 6) is 0. The molecule has 1 aromatic carbocycles. The van der Waals surface area contributed by atoms with Crippen molar-refractivity contribution < 1.29 is 5.11 Å². The first-order chi connectivity index (χ1) is 9.68. The van der Waals surface area contributed by atoms with Gasteiger partial charge in [-0.1, -0.05) is 26.0 Å². The molecule has 0 aliphatic heterocycles. The second-order valence-corrected chi connectivity index (χ2v) is 5.78. The average molecular weight is 275 g/mol. The van der Waals surface area contributed by atoms with E-state index in [0.29, 0.717) is 0 Å². The molecule has 4 nitrogen and oxygen atoms in total. The first-order valence-corrected chi connectivity index (χ1v) is 7.40. The van der Waals surface area contributed by atoms with Crippen LogP contribution in [0.25, 0.3) is 11.0 Å². The molecular formula is C16H25N3O. The summed E-state index contributed by atoms with van der Waals surface area (Å²) in [6.07, 6.45) is 3.96. The number of aliphatic hydroxyl groups excluding tert-OH is 1. The van der Waals surface area contributed by atoms with E-state index in [0.717, 1.165) is 38.0 Å². The maximum atomic E-state index is 9.36. The van der Waals surface area contributed by atoms with Crippen molar-refractivity contribution in [1.29, 1.82) is 0 Å². The van der Waals surface area contributed by atoms with Crippen LogP contribution in [0.1, 0.15) is 26.7 Å². The highest BCUT2D eigenvalue weighted by Crippen LogP contribution is 2.18. The second-order valence-electron chi connectivity index (χ2n) is 5.78. The van der Waals surface area contributed by atoms with Crippen LogP contribution in [0, 0.1) is 5.41 Å². The first kappa shape index (κ1) is 15.0. The number of aromatic nitrogens is 2. The minimum atomic E-state index is 0.00169. The number of aryl methyl sites for hydroxylation is 1. The van der Waals surface area contributed by atoms with Crippen molar-refractivity contribution in [3.8, 4) is 0 Å². The lowest BCUT2D eigenvalue weighted by Crippen LogP contribution is -2.35. The summed E-state index contributed by atoms with van der Waals surface area (Å²) in [5.41, 5.74) is 2.25. The molecule has 0 aliphatic carbocycles. The standard InChI is InChI=1S/C16H25N3O/c1-3-16(2,12-20)11-17-9-6-10-19-13-18-14-7-4-5-8-15(14)19/h4-5,7-8,13,17,20H,3,6,9-12H2,1-2H3. The van der Waals surface area contributed by atoms with E-state index in [1.54, 1.807) is 0 Å². The van der Waals surface area contributed by atoms with E-state index in [4.69, 9.17) is 0 Å². The van der Waals surface area contributed by atoms with Gasteiger partial charge in [0.25, 0.3) is 0 Å². The molecule has 1 atom stereocenters. The number of benzene rings is 1. The molecule has 20 heavy (non-hydrogen) atoms. The molecule has 0 radical (unpaired) electrons. The van der Waals surface area contributed by atoms with Gasteiger partial charge in [0, 0.05) is 25.1 Å². The molecule has 0 amide bonds. The summed E-state index contributed by atoms with van der Waals surface area (Å²) in [4.78, 5) is 4.39. The van der Waals surface area contributed by atoms with Gasteiger partial charge in [0.1, 0.15) is 0 Å².